The molecule has 0 bridgehead atoms. The topological polar surface area (TPSA) is 54.9 Å². The van der Waals surface area contributed by atoms with Gasteiger partial charge in [0.25, 0.3) is 5.91 Å². The molecule has 1 amide bonds. The molecule has 3 aromatic rings. The minimum absolute atomic E-state index is 0.0241. The number of nitrogens with zero attached hydrogens (tertiary/aromatic N) is 2. The first-order valence-electron chi connectivity index (χ1n) is 7.97. The van der Waals surface area contributed by atoms with Crippen LogP contribution in [0.25, 0.3) is 10.2 Å². The molecule has 24 heavy (non-hydrogen) atoms. The Hall–Kier alpha value is -1.79. The number of amides is 1. The van der Waals surface area contributed by atoms with E-state index in [2.05, 4.69) is 35.2 Å². The Balaban J connectivity index is 1.97. The van der Waals surface area contributed by atoms with Crippen molar-refractivity contribution < 1.29 is 4.79 Å². The Labute approximate surface area is 150 Å². The SMILES string of the molecule is Cc1nc(C)c2c(C)c(C(=O)N[C@@H](c3cccs3)C(C)C)sc2n1. The summed E-state index contributed by atoms with van der Waals surface area (Å²) in [5.74, 6) is 1.04. The van der Waals surface area contributed by atoms with Crippen molar-refractivity contribution in [3.63, 3.8) is 0 Å². The van der Waals surface area contributed by atoms with E-state index in [0.717, 1.165) is 32.2 Å². The Morgan fingerprint density at radius 1 is 1.21 bits per heavy atom. The average Bonchev–Trinajstić information content (AvgIpc) is 3.12. The zero-order valence-electron chi connectivity index (χ0n) is 14.5. The third-order valence-corrected chi connectivity index (χ3v) is 6.23. The standard InChI is InChI=1S/C18H21N3OS2/c1-9(2)15(13-7-6-8-23-13)21-17(22)16-10(3)14-11(4)19-12(5)20-18(14)24-16/h6-9,15H,1-5H3,(H,21,22)/t15-/m1/s1. The highest BCUT2D eigenvalue weighted by Crippen LogP contribution is 2.32. The molecule has 0 aromatic carbocycles. The summed E-state index contributed by atoms with van der Waals surface area (Å²) < 4.78 is 0. The molecule has 126 valence electrons. The average molecular weight is 360 g/mol. The predicted molar refractivity (Wildman–Crippen MR) is 101 cm³/mol. The molecule has 0 aliphatic heterocycles. The first-order chi connectivity index (χ1) is 11.4. The van der Waals surface area contributed by atoms with Crippen molar-refractivity contribution in [3.05, 3.63) is 44.3 Å². The fourth-order valence-corrected chi connectivity index (χ4v) is 5.06. The predicted octanol–water partition coefficient (Wildman–Crippen LogP) is 4.81. The minimum Gasteiger partial charge on any atom is -0.343 e. The Kier molecular flexibility index (Phi) is 4.69. The molecule has 3 aromatic heterocycles. The molecule has 0 aliphatic carbocycles. The smallest absolute Gasteiger partial charge is 0.262 e. The Morgan fingerprint density at radius 3 is 2.58 bits per heavy atom. The van der Waals surface area contributed by atoms with Gasteiger partial charge in [-0.2, -0.15) is 0 Å². The van der Waals surface area contributed by atoms with Crippen molar-refractivity contribution in [1.29, 1.82) is 0 Å². The van der Waals surface area contributed by atoms with Crippen LogP contribution in [0.5, 0.6) is 0 Å². The third kappa shape index (κ3) is 3.08. The fourth-order valence-electron chi connectivity index (χ4n) is 2.93. The van der Waals surface area contributed by atoms with Crippen LogP contribution in [0.3, 0.4) is 0 Å². The molecule has 0 fully saturated rings. The summed E-state index contributed by atoms with van der Waals surface area (Å²) in [5, 5.41) is 6.26. The number of aromatic nitrogens is 2. The summed E-state index contributed by atoms with van der Waals surface area (Å²) in [6.07, 6.45) is 0. The van der Waals surface area contributed by atoms with Gasteiger partial charge >= 0.3 is 0 Å². The fraction of sp³-hybridized carbons (Fsp3) is 0.389. The van der Waals surface area contributed by atoms with Crippen LogP contribution in [-0.2, 0) is 0 Å². The summed E-state index contributed by atoms with van der Waals surface area (Å²) in [6, 6.07) is 4.12. The highest BCUT2D eigenvalue weighted by atomic mass is 32.1. The maximum absolute atomic E-state index is 12.9. The van der Waals surface area contributed by atoms with Gasteiger partial charge in [-0.15, -0.1) is 22.7 Å². The van der Waals surface area contributed by atoms with Crippen molar-refractivity contribution in [2.24, 2.45) is 5.92 Å². The van der Waals surface area contributed by atoms with E-state index >= 15 is 0 Å². The molecule has 0 saturated heterocycles. The molecule has 1 atom stereocenters. The van der Waals surface area contributed by atoms with Crippen LogP contribution in [0.2, 0.25) is 0 Å². The van der Waals surface area contributed by atoms with Crippen molar-refractivity contribution in [1.82, 2.24) is 15.3 Å². The third-order valence-electron chi connectivity index (χ3n) is 4.09. The lowest BCUT2D eigenvalue weighted by atomic mass is 10.0. The number of rotatable bonds is 4. The molecule has 0 aliphatic rings. The van der Waals surface area contributed by atoms with Crippen molar-refractivity contribution in [3.8, 4) is 0 Å². The number of hydrogen-bond donors (Lipinski definition) is 1. The Bertz CT molecular complexity index is 881. The van der Waals surface area contributed by atoms with Gasteiger partial charge < -0.3 is 5.32 Å². The van der Waals surface area contributed by atoms with E-state index in [1.165, 1.54) is 16.2 Å². The van der Waals surface area contributed by atoms with Gasteiger partial charge in [-0.25, -0.2) is 9.97 Å². The molecule has 0 spiro atoms. The quantitative estimate of drug-likeness (QED) is 0.727. The number of thiophene rings is 2. The van der Waals surface area contributed by atoms with Gasteiger partial charge in [0, 0.05) is 16.0 Å². The number of carbonyl (C=O) groups is 1. The first-order valence-corrected chi connectivity index (χ1v) is 9.66. The number of nitrogens with one attached hydrogen (secondary N) is 1. The van der Waals surface area contributed by atoms with Crippen LogP contribution in [0.15, 0.2) is 17.5 Å². The lowest BCUT2D eigenvalue weighted by molar-refractivity contribution is 0.0930. The summed E-state index contributed by atoms with van der Waals surface area (Å²) in [5.41, 5.74) is 1.91. The van der Waals surface area contributed by atoms with Crippen molar-refractivity contribution in [2.75, 3.05) is 0 Å². The maximum Gasteiger partial charge on any atom is 0.262 e. The second-order valence-corrected chi connectivity index (χ2v) is 8.28. The van der Waals surface area contributed by atoms with Crippen LogP contribution in [0, 0.1) is 26.7 Å². The molecule has 6 heteroatoms. The largest absolute Gasteiger partial charge is 0.343 e. The zero-order chi connectivity index (χ0) is 17.4. The molecule has 0 unspecified atom stereocenters. The second-order valence-electron chi connectivity index (χ2n) is 6.30. The highest BCUT2D eigenvalue weighted by molar-refractivity contribution is 7.20. The molecule has 3 heterocycles. The lowest BCUT2D eigenvalue weighted by Crippen LogP contribution is -2.31. The van der Waals surface area contributed by atoms with E-state index in [1.807, 2.05) is 32.2 Å². The number of fused-ring (bicyclic) bond motifs is 1. The normalized spacial score (nSPS) is 12.8. The molecule has 0 radical (unpaired) electrons. The van der Waals surface area contributed by atoms with Crippen LogP contribution >= 0.6 is 22.7 Å². The molecular weight excluding hydrogens is 338 g/mol. The molecule has 3 rings (SSSR count). The van der Waals surface area contributed by atoms with Crippen LogP contribution in [-0.4, -0.2) is 15.9 Å². The van der Waals surface area contributed by atoms with Crippen molar-refractivity contribution >= 4 is 38.8 Å². The highest BCUT2D eigenvalue weighted by Gasteiger charge is 2.24. The monoisotopic (exact) mass is 359 g/mol. The van der Waals surface area contributed by atoms with E-state index < -0.39 is 0 Å². The zero-order valence-corrected chi connectivity index (χ0v) is 16.1. The number of carbonyl (C=O) groups excluding carboxylic acids is 1. The van der Waals surface area contributed by atoms with Crippen LogP contribution in [0.4, 0.5) is 0 Å². The van der Waals surface area contributed by atoms with Crippen molar-refractivity contribution in [2.45, 2.75) is 40.7 Å². The van der Waals surface area contributed by atoms with E-state index in [-0.39, 0.29) is 11.9 Å². The van der Waals surface area contributed by atoms with Gasteiger partial charge in [-0.1, -0.05) is 19.9 Å². The molecule has 0 saturated carbocycles. The molecule has 4 nitrogen and oxygen atoms in total. The lowest BCUT2D eigenvalue weighted by Gasteiger charge is -2.21. The number of aryl methyl sites for hydroxylation is 3. The van der Waals surface area contributed by atoms with Gasteiger partial charge in [0.05, 0.1) is 10.9 Å². The molecular formula is C18H21N3OS2. The van der Waals surface area contributed by atoms with E-state index in [9.17, 15) is 4.79 Å². The van der Waals surface area contributed by atoms with Gasteiger partial charge in [0.1, 0.15) is 10.7 Å². The van der Waals surface area contributed by atoms with Gasteiger partial charge in [0.2, 0.25) is 0 Å². The summed E-state index contributed by atoms with van der Waals surface area (Å²) >= 11 is 3.13. The minimum atomic E-state index is -0.0281. The number of hydrogen-bond acceptors (Lipinski definition) is 5. The van der Waals surface area contributed by atoms with Crippen LogP contribution < -0.4 is 5.32 Å². The van der Waals surface area contributed by atoms with Gasteiger partial charge in [-0.3, -0.25) is 4.79 Å². The summed E-state index contributed by atoms with van der Waals surface area (Å²) in [6.45, 7) is 10.1. The molecule has 1 N–H and O–H groups in total. The summed E-state index contributed by atoms with van der Waals surface area (Å²) in [4.78, 5) is 24.6. The Morgan fingerprint density at radius 2 is 1.96 bits per heavy atom. The van der Waals surface area contributed by atoms with E-state index in [1.54, 1.807) is 11.3 Å². The van der Waals surface area contributed by atoms with E-state index in [0.29, 0.717) is 5.92 Å². The van der Waals surface area contributed by atoms with E-state index in [4.69, 9.17) is 0 Å². The van der Waals surface area contributed by atoms with Crippen LogP contribution in [0.1, 0.15) is 51.5 Å². The summed E-state index contributed by atoms with van der Waals surface area (Å²) in [7, 11) is 0. The second kappa shape index (κ2) is 6.61. The van der Waals surface area contributed by atoms with Gasteiger partial charge in [0.15, 0.2) is 0 Å². The van der Waals surface area contributed by atoms with Gasteiger partial charge in [-0.05, 0) is 43.7 Å². The maximum atomic E-state index is 12.9. The first kappa shape index (κ1) is 17.0.